The third kappa shape index (κ3) is 4.87. The van der Waals surface area contributed by atoms with Gasteiger partial charge in [-0.05, 0) is 60.7 Å². The van der Waals surface area contributed by atoms with Crippen LogP contribution in [0.4, 0.5) is 15.8 Å². The zero-order valence-electron chi connectivity index (χ0n) is 16.2. The van der Waals surface area contributed by atoms with Crippen LogP contribution in [-0.2, 0) is 10.0 Å². The van der Waals surface area contributed by atoms with E-state index in [9.17, 15) is 17.6 Å². The van der Waals surface area contributed by atoms with Gasteiger partial charge < -0.3 is 14.8 Å². The van der Waals surface area contributed by atoms with Gasteiger partial charge in [0.2, 0.25) is 0 Å². The second kappa shape index (κ2) is 8.83. The zero-order valence-corrected chi connectivity index (χ0v) is 17.0. The summed E-state index contributed by atoms with van der Waals surface area (Å²) >= 11 is 0. The quantitative estimate of drug-likeness (QED) is 0.593. The minimum Gasteiger partial charge on any atom is -0.497 e. The Kier molecular flexibility index (Phi) is 6.22. The molecular formula is C21H19FN2O5S. The molecule has 0 radical (unpaired) electrons. The lowest BCUT2D eigenvalue weighted by molar-refractivity contribution is 0.102. The Morgan fingerprint density at radius 2 is 1.57 bits per heavy atom. The standard InChI is InChI=1S/C21H19FN2O5S/c1-28-17-9-12-19(20(13-17)29-2)24-30(26,27)18-10-7-16(8-11-18)23-21(25)14-3-5-15(22)6-4-14/h3-13,24H,1-2H3,(H,23,25). The van der Waals surface area contributed by atoms with Gasteiger partial charge in [0.15, 0.2) is 0 Å². The normalized spacial score (nSPS) is 10.9. The van der Waals surface area contributed by atoms with Crippen molar-refractivity contribution in [2.45, 2.75) is 4.90 Å². The van der Waals surface area contributed by atoms with E-state index in [0.29, 0.717) is 17.2 Å². The minimum atomic E-state index is -3.89. The van der Waals surface area contributed by atoms with Crippen LogP contribution in [0.2, 0.25) is 0 Å². The number of ether oxygens (including phenoxy) is 2. The Labute approximate surface area is 173 Å². The molecule has 0 aliphatic rings. The van der Waals surface area contributed by atoms with E-state index >= 15 is 0 Å². The summed E-state index contributed by atoms with van der Waals surface area (Å²) in [5, 5.41) is 2.63. The smallest absolute Gasteiger partial charge is 0.262 e. The second-order valence-corrected chi connectivity index (χ2v) is 7.84. The van der Waals surface area contributed by atoms with Crippen molar-refractivity contribution in [2.75, 3.05) is 24.3 Å². The number of amides is 1. The molecule has 0 aliphatic carbocycles. The number of nitrogens with one attached hydrogen (secondary N) is 2. The monoisotopic (exact) mass is 430 g/mol. The summed E-state index contributed by atoms with van der Waals surface area (Å²) in [4.78, 5) is 12.2. The molecule has 3 rings (SSSR count). The van der Waals surface area contributed by atoms with Crippen LogP contribution in [0.1, 0.15) is 10.4 Å². The Hall–Kier alpha value is -3.59. The van der Waals surface area contributed by atoms with Gasteiger partial charge in [-0.1, -0.05) is 0 Å². The lowest BCUT2D eigenvalue weighted by Gasteiger charge is -2.13. The summed E-state index contributed by atoms with van der Waals surface area (Å²) < 4.78 is 51.1. The van der Waals surface area contributed by atoms with Crippen LogP contribution in [0.15, 0.2) is 71.6 Å². The number of halogens is 1. The second-order valence-electron chi connectivity index (χ2n) is 6.16. The van der Waals surface area contributed by atoms with Crippen molar-refractivity contribution < 1.29 is 27.1 Å². The molecule has 0 saturated carbocycles. The van der Waals surface area contributed by atoms with E-state index < -0.39 is 21.7 Å². The molecule has 0 fully saturated rings. The number of sulfonamides is 1. The fraction of sp³-hybridized carbons (Fsp3) is 0.0952. The largest absolute Gasteiger partial charge is 0.497 e. The molecule has 30 heavy (non-hydrogen) atoms. The van der Waals surface area contributed by atoms with E-state index in [-0.39, 0.29) is 16.1 Å². The molecule has 156 valence electrons. The highest BCUT2D eigenvalue weighted by Gasteiger charge is 2.17. The minimum absolute atomic E-state index is 0.000141. The van der Waals surface area contributed by atoms with Gasteiger partial charge in [0.05, 0.1) is 24.8 Å². The van der Waals surface area contributed by atoms with Gasteiger partial charge in [-0.15, -0.1) is 0 Å². The van der Waals surface area contributed by atoms with Crippen LogP contribution in [-0.4, -0.2) is 28.5 Å². The molecular weight excluding hydrogens is 411 g/mol. The van der Waals surface area contributed by atoms with Gasteiger partial charge in [0.1, 0.15) is 17.3 Å². The molecule has 0 heterocycles. The van der Waals surface area contributed by atoms with E-state index in [4.69, 9.17) is 9.47 Å². The maximum absolute atomic E-state index is 13.0. The highest BCUT2D eigenvalue weighted by atomic mass is 32.2. The van der Waals surface area contributed by atoms with Crippen molar-refractivity contribution in [2.24, 2.45) is 0 Å². The molecule has 7 nitrogen and oxygen atoms in total. The van der Waals surface area contributed by atoms with Gasteiger partial charge in [0, 0.05) is 17.3 Å². The highest BCUT2D eigenvalue weighted by Crippen LogP contribution is 2.31. The average molecular weight is 430 g/mol. The van der Waals surface area contributed by atoms with Gasteiger partial charge in [-0.2, -0.15) is 0 Å². The van der Waals surface area contributed by atoms with E-state index in [0.717, 1.165) is 0 Å². The number of hydrogen-bond donors (Lipinski definition) is 2. The van der Waals surface area contributed by atoms with Crippen molar-refractivity contribution in [3.8, 4) is 11.5 Å². The molecule has 0 atom stereocenters. The molecule has 0 spiro atoms. The summed E-state index contributed by atoms with van der Waals surface area (Å²) in [6.45, 7) is 0. The number of carbonyl (C=O) groups excluding carboxylic acids is 1. The van der Waals surface area contributed by atoms with Crippen molar-refractivity contribution in [3.05, 3.63) is 78.1 Å². The van der Waals surface area contributed by atoms with Crippen LogP contribution < -0.4 is 19.5 Å². The Morgan fingerprint density at radius 3 is 2.17 bits per heavy atom. The highest BCUT2D eigenvalue weighted by molar-refractivity contribution is 7.92. The predicted molar refractivity (Wildman–Crippen MR) is 111 cm³/mol. The van der Waals surface area contributed by atoms with E-state index in [1.807, 2.05) is 0 Å². The first-order valence-electron chi connectivity index (χ1n) is 8.74. The van der Waals surface area contributed by atoms with Gasteiger partial charge in [-0.3, -0.25) is 9.52 Å². The molecule has 0 unspecified atom stereocenters. The van der Waals surface area contributed by atoms with Crippen molar-refractivity contribution in [1.82, 2.24) is 0 Å². The Bertz CT molecular complexity index is 1150. The molecule has 0 aromatic heterocycles. The van der Waals surface area contributed by atoms with Crippen molar-refractivity contribution in [1.29, 1.82) is 0 Å². The average Bonchev–Trinajstić information content (AvgIpc) is 2.74. The summed E-state index contributed by atoms with van der Waals surface area (Å²) in [6.07, 6.45) is 0. The van der Waals surface area contributed by atoms with Crippen LogP contribution in [0.3, 0.4) is 0 Å². The number of hydrogen-bond acceptors (Lipinski definition) is 5. The Morgan fingerprint density at radius 1 is 0.900 bits per heavy atom. The predicted octanol–water partition coefficient (Wildman–Crippen LogP) is 3.90. The van der Waals surface area contributed by atoms with Crippen LogP contribution in [0.25, 0.3) is 0 Å². The Balaban J connectivity index is 1.75. The number of carbonyl (C=O) groups is 1. The lowest BCUT2D eigenvalue weighted by atomic mass is 10.2. The van der Waals surface area contributed by atoms with Crippen molar-refractivity contribution >= 4 is 27.3 Å². The van der Waals surface area contributed by atoms with Gasteiger partial charge in [-0.25, -0.2) is 12.8 Å². The molecule has 3 aromatic carbocycles. The number of methoxy groups -OCH3 is 2. The molecule has 0 bridgehead atoms. The number of anilines is 2. The van der Waals surface area contributed by atoms with Crippen molar-refractivity contribution in [3.63, 3.8) is 0 Å². The molecule has 3 aromatic rings. The number of rotatable bonds is 7. The maximum Gasteiger partial charge on any atom is 0.262 e. The third-order valence-corrected chi connectivity index (χ3v) is 5.56. The van der Waals surface area contributed by atoms with Gasteiger partial charge in [0.25, 0.3) is 15.9 Å². The van der Waals surface area contributed by atoms with E-state index in [1.54, 1.807) is 12.1 Å². The number of benzene rings is 3. The fourth-order valence-electron chi connectivity index (χ4n) is 2.61. The zero-order chi connectivity index (χ0) is 21.7. The lowest BCUT2D eigenvalue weighted by Crippen LogP contribution is -2.14. The fourth-order valence-corrected chi connectivity index (χ4v) is 3.68. The maximum atomic E-state index is 13.0. The van der Waals surface area contributed by atoms with E-state index in [2.05, 4.69) is 10.0 Å². The summed E-state index contributed by atoms with van der Waals surface area (Å²) in [5.41, 5.74) is 0.929. The first kappa shape index (κ1) is 21.1. The first-order valence-corrected chi connectivity index (χ1v) is 10.2. The van der Waals surface area contributed by atoms with Crippen LogP contribution in [0.5, 0.6) is 11.5 Å². The summed E-state index contributed by atoms with van der Waals surface area (Å²) in [5.74, 6) is -0.0500. The topological polar surface area (TPSA) is 93.7 Å². The van der Waals surface area contributed by atoms with E-state index in [1.165, 1.54) is 68.8 Å². The molecule has 2 N–H and O–H groups in total. The van der Waals surface area contributed by atoms with Crippen LogP contribution in [0, 0.1) is 5.82 Å². The molecule has 9 heteroatoms. The molecule has 0 aliphatic heterocycles. The third-order valence-electron chi connectivity index (χ3n) is 4.18. The summed E-state index contributed by atoms with van der Waals surface area (Å²) in [7, 11) is -0.976. The SMILES string of the molecule is COc1ccc(NS(=O)(=O)c2ccc(NC(=O)c3ccc(F)cc3)cc2)c(OC)c1. The molecule has 0 saturated heterocycles. The van der Waals surface area contributed by atoms with Gasteiger partial charge >= 0.3 is 0 Å². The first-order chi connectivity index (χ1) is 14.3. The van der Waals surface area contributed by atoms with Crippen LogP contribution >= 0.6 is 0 Å². The summed E-state index contributed by atoms with van der Waals surface area (Å²) in [6, 6.07) is 15.4. The molecule has 1 amide bonds.